The number of ketones is 1. The molecule has 0 aromatic heterocycles. The van der Waals surface area contributed by atoms with Gasteiger partial charge in [-0.05, 0) is 117 Å². The van der Waals surface area contributed by atoms with E-state index >= 15 is 4.79 Å². The second kappa shape index (κ2) is 55.3. The first kappa shape index (κ1) is 104. The lowest BCUT2D eigenvalue weighted by molar-refractivity contribution is -0.147. The minimum Gasteiger partial charge on any atom is -0.508 e. The summed E-state index contributed by atoms with van der Waals surface area (Å²) in [7, 11) is 0. The molecule has 3 aliphatic rings. The number of aromatic hydroxyl groups is 1. The third-order valence-corrected chi connectivity index (χ3v) is 22.7. The van der Waals surface area contributed by atoms with E-state index in [-0.39, 0.29) is 115 Å². The van der Waals surface area contributed by atoms with Crippen LogP contribution in [-0.2, 0) is 83.0 Å². The predicted octanol–water partition coefficient (Wildman–Crippen LogP) is -1.41. The molecule has 17 atom stereocenters. The van der Waals surface area contributed by atoms with E-state index in [4.69, 9.17) is 20.9 Å². The Hall–Kier alpha value is -8.99. The molecule has 0 radical (unpaired) electrons. The number of phenols is 1. The summed E-state index contributed by atoms with van der Waals surface area (Å²) < 4.78 is 11.3. The van der Waals surface area contributed by atoms with Crippen LogP contribution >= 0.6 is 11.8 Å². The standard InChI is InChI=1S/C84H135N15O22S/c1-8-51(4)41-52(5)16-13-11-9-10-12-14-18-68(106)90-46-57-43-59(103)47-91-80(115)65-17-15-34-98(65)84(119)72(96-82(117)73(75(110)74(109)56-23-25-58(102)26-24-56)97-81(116)66-44-60(104)48-99(66)83(118)71(53(6)101)95-76(57)111)67(105)29-31-87-69(107)27-28-70(108)88-32-35-120-37-38-121-36-33-89-77(112)64(42-54-19-21-55(22-20-54)61(86)45-85)94-79(114)63(40-50(2)3)93-78(113)62(92-49-100)30-39-122-7/h19-26,49-52,57,59-67,71-75,102-105,109-110H,8-18,27-48,85-86H2,1-7H3,(H,87,107)(H,88,108)(H,89,112)(H,90,106)(H,91,115)(H,92,100)(H,93,113)(H,94,114)(H,95,111)(H,96,117)(H,97,116). The molecular formula is C84H135N15O22S. The van der Waals surface area contributed by atoms with Gasteiger partial charge in [0.2, 0.25) is 71.4 Å². The Morgan fingerprint density at radius 2 is 1.23 bits per heavy atom. The first-order valence-electron chi connectivity index (χ1n) is 42.8. The third-order valence-electron chi connectivity index (χ3n) is 22.0. The van der Waals surface area contributed by atoms with Crippen LogP contribution in [0.2, 0.25) is 0 Å². The lowest BCUT2D eigenvalue weighted by Crippen LogP contribution is -2.64. The number of nitrogens with zero attached hydrogens (tertiary/aromatic N) is 2. The molecule has 2 aromatic carbocycles. The molecule has 38 heteroatoms. The number of Topliss-reactive ketones (excluding diaryl/α,β-unsaturated/α-hetero) is 1. The second-order valence-corrected chi connectivity index (χ2v) is 33.5. The van der Waals surface area contributed by atoms with Crippen molar-refractivity contribution in [3.05, 3.63) is 65.2 Å². The molecule has 5 rings (SSSR count). The van der Waals surface area contributed by atoms with E-state index in [1.54, 1.807) is 24.3 Å². The van der Waals surface area contributed by atoms with Gasteiger partial charge in [-0.1, -0.05) is 116 Å². The number of β-amino-alcohol motifs (C(OH)–C–C–N with tert-alkyl or cyclic N) is 1. The number of carbonyl (C=O) groups excluding carboxylic acids is 14. The lowest BCUT2D eigenvalue weighted by Gasteiger charge is -2.34. The fraction of sp³-hybridized carbons (Fsp3) is 0.690. The molecule has 3 saturated heterocycles. The molecular weight excluding hydrogens is 1600 g/mol. The highest BCUT2D eigenvalue weighted by Gasteiger charge is 2.48. The van der Waals surface area contributed by atoms with E-state index < -0.39 is 213 Å². The zero-order valence-corrected chi connectivity index (χ0v) is 72.4. The van der Waals surface area contributed by atoms with Crippen molar-refractivity contribution < 1.29 is 107 Å². The smallest absolute Gasteiger partial charge is 0.253 e. The molecule has 3 aliphatic heterocycles. The number of hydrogen-bond donors (Lipinski definition) is 19. The highest BCUT2D eigenvalue weighted by molar-refractivity contribution is 7.98. The Morgan fingerprint density at radius 1 is 0.623 bits per heavy atom. The second-order valence-electron chi connectivity index (χ2n) is 32.5. The summed E-state index contributed by atoms with van der Waals surface area (Å²) in [5.41, 5.74) is 13.2. The molecule has 13 amide bonds. The van der Waals surface area contributed by atoms with E-state index in [2.05, 4.69) is 79.3 Å². The van der Waals surface area contributed by atoms with Gasteiger partial charge in [0.15, 0.2) is 11.8 Å². The van der Waals surface area contributed by atoms with E-state index in [9.17, 15) is 93.0 Å². The average molecular weight is 1740 g/mol. The van der Waals surface area contributed by atoms with Crippen molar-refractivity contribution in [3.63, 3.8) is 0 Å². The topological polar surface area (TPSA) is 570 Å². The van der Waals surface area contributed by atoms with Crippen LogP contribution in [0.3, 0.4) is 0 Å². The molecule has 17 unspecified atom stereocenters. The molecule has 37 nitrogen and oxygen atoms in total. The van der Waals surface area contributed by atoms with Gasteiger partial charge in [0.1, 0.15) is 60.3 Å². The van der Waals surface area contributed by atoms with Crippen LogP contribution in [0.1, 0.15) is 192 Å². The highest BCUT2D eigenvalue weighted by Crippen LogP contribution is 2.28. The van der Waals surface area contributed by atoms with Gasteiger partial charge < -0.3 is 120 Å². The van der Waals surface area contributed by atoms with E-state index in [1.807, 2.05) is 20.1 Å². The van der Waals surface area contributed by atoms with Gasteiger partial charge in [0.05, 0.1) is 50.7 Å². The molecule has 684 valence electrons. The van der Waals surface area contributed by atoms with Crippen LogP contribution in [-0.4, -0.2) is 287 Å². The van der Waals surface area contributed by atoms with Gasteiger partial charge in [-0.2, -0.15) is 11.8 Å². The Bertz CT molecular complexity index is 3670. The number of nitrogens with two attached hydrogens (primary N) is 2. The summed E-state index contributed by atoms with van der Waals surface area (Å²) in [5.74, 6) is -10.8. The monoisotopic (exact) mass is 1740 g/mol. The first-order chi connectivity index (χ1) is 58.2. The van der Waals surface area contributed by atoms with Crippen LogP contribution in [0.4, 0.5) is 0 Å². The van der Waals surface area contributed by atoms with Gasteiger partial charge >= 0.3 is 0 Å². The first-order valence-corrected chi connectivity index (χ1v) is 44.2. The number of amides is 13. The zero-order chi connectivity index (χ0) is 90.0. The van der Waals surface area contributed by atoms with Crippen molar-refractivity contribution in [1.29, 1.82) is 0 Å². The summed E-state index contributed by atoms with van der Waals surface area (Å²) in [5, 5.41) is 96.7. The van der Waals surface area contributed by atoms with E-state index in [0.29, 0.717) is 42.4 Å². The number of carbonyl (C=O) groups is 14. The number of ether oxygens (including phenoxy) is 2. The largest absolute Gasteiger partial charge is 0.508 e. The minimum atomic E-state index is -2.36. The van der Waals surface area contributed by atoms with Gasteiger partial charge in [0.25, 0.3) is 5.91 Å². The number of hydrogen-bond acceptors (Lipinski definition) is 25. The molecule has 0 saturated carbocycles. The molecule has 3 fully saturated rings. The Balaban J connectivity index is 1.21. The zero-order valence-electron chi connectivity index (χ0n) is 71.6. The molecule has 0 spiro atoms. The maximum atomic E-state index is 15.0. The molecule has 21 N–H and O–H groups in total. The Labute approximate surface area is 718 Å². The number of fused-ring (bicyclic) bond motifs is 2. The minimum absolute atomic E-state index is 0.0195. The fourth-order valence-electron chi connectivity index (χ4n) is 14.8. The van der Waals surface area contributed by atoms with E-state index in [0.717, 1.165) is 79.4 Å². The molecule has 3 heterocycles. The number of aliphatic hydroxyl groups excluding tert-OH is 5. The number of aliphatic hydroxyl groups is 5. The van der Waals surface area contributed by atoms with Crippen molar-refractivity contribution in [2.24, 2.45) is 35.1 Å². The van der Waals surface area contributed by atoms with Crippen LogP contribution in [0.15, 0.2) is 48.5 Å². The summed E-state index contributed by atoms with van der Waals surface area (Å²) in [4.78, 5) is 195. The van der Waals surface area contributed by atoms with Crippen LogP contribution in [0.5, 0.6) is 5.75 Å². The quantitative estimate of drug-likeness (QED) is 0.0205. The summed E-state index contributed by atoms with van der Waals surface area (Å²) in [6, 6.07) is -1.13. The van der Waals surface area contributed by atoms with Crippen molar-refractivity contribution in [2.45, 2.75) is 255 Å². The van der Waals surface area contributed by atoms with Crippen molar-refractivity contribution >= 4 is 94.8 Å². The SMILES string of the molecule is CCC(C)CC(C)CCCCCCCCC(=O)NCC1CC(O)CNC(=O)C2CCCN2C(=O)C(C(O)CCNC(=O)CCC(=O)NCCOCCOCCNC(=O)C(Cc2ccc(C(N)CN)cc2)NC(=O)C(CC(C)C)NC(=O)C(CCSC)NC=O)NC(=O)C(C(O)C(O)c2ccc(O)cc2)NC(=O)C2CC(O)CN2C(=O)C(C(C)=O)NC1=O. The van der Waals surface area contributed by atoms with Crippen molar-refractivity contribution in [3.8, 4) is 5.75 Å². The molecule has 2 aromatic rings. The number of nitrogens with one attached hydrogen (secondary N) is 11. The van der Waals surface area contributed by atoms with Gasteiger partial charge in [-0.15, -0.1) is 0 Å². The van der Waals surface area contributed by atoms with Gasteiger partial charge in [-0.3, -0.25) is 67.1 Å². The summed E-state index contributed by atoms with van der Waals surface area (Å²) in [6.07, 6.45) is 0.620. The normalized spacial score (nSPS) is 21.7. The maximum Gasteiger partial charge on any atom is 0.253 e. The fourth-order valence-corrected chi connectivity index (χ4v) is 15.2. The molecule has 0 aliphatic carbocycles. The van der Waals surface area contributed by atoms with E-state index in [1.165, 1.54) is 30.3 Å². The summed E-state index contributed by atoms with van der Waals surface area (Å²) in [6.45, 7) is 9.89. The number of phenolic OH excluding ortho intramolecular Hbond substituents is 1. The van der Waals surface area contributed by atoms with Crippen LogP contribution in [0.25, 0.3) is 0 Å². The Kier molecular flexibility index (Phi) is 46.9. The Morgan fingerprint density at radius 3 is 1.86 bits per heavy atom. The highest BCUT2D eigenvalue weighted by atomic mass is 32.2. The third kappa shape index (κ3) is 36.1. The number of unbranched alkanes of at least 4 members (excludes halogenated alkanes) is 5. The van der Waals surface area contributed by atoms with Crippen molar-refractivity contribution in [2.75, 3.05) is 90.8 Å². The van der Waals surface area contributed by atoms with Crippen LogP contribution < -0.4 is 70.0 Å². The predicted molar refractivity (Wildman–Crippen MR) is 453 cm³/mol. The molecule has 122 heavy (non-hydrogen) atoms. The molecule has 0 bridgehead atoms. The summed E-state index contributed by atoms with van der Waals surface area (Å²) >= 11 is 1.49. The number of benzene rings is 2. The lowest BCUT2D eigenvalue weighted by atomic mass is 9.91. The van der Waals surface area contributed by atoms with Crippen molar-refractivity contribution in [1.82, 2.24) is 68.3 Å². The number of thioether (sulfide) groups is 1. The van der Waals surface area contributed by atoms with Gasteiger partial charge in [-0.25, -0.2) is 0 Å². The average Bonchev–Trinajstić information content (AvgIpc) is 1.64. The van der Waals surface area contributed by atoms with Gasteiger partial charge in [0, 0.05) is 90.5 Å². The maximum absolute atomic E-state index is 15.0. The van der Waals surface area contributed by atoms with Crippen LogP contribution in [0, 0.1) is 23.7 Å². The number of rotatable bonds is 50.